The summed E-state index contributed by atoms with van der Waals surface area (Å²) in [6.45, 7) is 3.96. The minimum Gasteiger partial charge on any atom is -0.461 e. The molecule has 1 atom stereocenters. The van der Waals surface area contributed by atoms with Crippen molar-refractivity contribution in [1.82, 2.24) is 10.1 Å². The van der Waals surface area contributed by atoms with E-state index in [0.29, 0.717) is 23.9 Å². The molecule has 5 heteroatoms. The molecule has 2 aromatic rings. The van der Waals surface area contributed by atoms with Crippen LogP contribution < -0.4 is 5.73 Å². The van der Waals surface area contributed by atoms with Crippen molar-refractivity contribution in [3.05, 3.63) is 23.8 Å². The fourth-order valence-electron chi connectivity index (χ4n) is 1.40. The highest BCUT2D eigenvalue weighted by molar-refractivity contribution is 5.50. The third kappa shape index (κ3) is 2.14. The SMILES string of the molecule is CCC(N)Cc1nc(-c2occc2C)no1. The zero-order valence-electron chi connectivity index (χ0n) is 9.43. The number of rotatable bonds is 4. The summed E-state index contributed by atoms with van der Waals surface area (Å²) in [5, 5.41) is 3.87. The van der Waals surface area contributed by atoms with E-state index in [1.54, 1.807) is 6.26 Å². The fourth-order valence-corrected chi connectivity index (χ4v) is 1.40. The van der Waals surface area contributed by atoms with Crippen molar-refractivity contribution in [2.75, 3.05) is 0 Å². The van der Waals surface area contributed by atoms with E-state index in [4.69, 9.17) is 14.7 Å². The largest absolute Gasteiger partial charge is 0.461 e. The zero-order valence-corrected chi connectivity index (χ0v) is 9.43. The molecule has 0 aliphatic carbocycles. The lowest BCUT2D eigenvalue weighted by atomic mass is 10.2. The Bertz CT molecular complexity index is 461. The quantitative estimate of drug-likeness (QED) is 0.853. The summed E-state index contributed by atoms with van der Waals surface area (Å²) in [6.07, 6.45) is 3.10. The summed E-state index contributed by atoms with van der Waals surface area (Å²) in [5.74, 6) is 1.70. The summed E-state index contributed by atoms with van der Waals surface area (Å²) in [6, 6.07) is 1.93. The summed E-state index contributed by atoms with van der Waals surface area (Å²) < 4.78 is 10.4. The summed E-state index contributed by atoms with van der Waals surface area (Å²) >= 11 is 0. The molecule has 16 heavy (non-hydrogen) atoms. The van der Waals surface area contributed by atoms with Crippen LogP contribution in [0.1, 0.15) is 24.8 Å². The van der Waals surface area contributed by atoms with E-state index in [9.17, 15) is 0 Å². The van der Waals surface area contributed by atoms with Crippen LogP contribution in [0.3, 0.4) is 0 Å². The van der Waals surface area contributed by atoms with Crippen LogP contribution in [0.5, 0.6) is 0 Å². The zero-order chi connectivity index (χ0) is 11.5. The third-order valence-electron chi connectivity index (χ3n) is 2.49. The highest BCUT2D eigenvalue weighted by Gasteiger charge is 2.14. The van der Waals surface area contributed by atoms with Crippen molar-refractivity contribution < 1.29 is 8.94 Å². The van der Waals surface area contributed by atoms with Gasteiger partial charge in [0.1, 0.15) is 0 Å². The van der Waals surface area contributed by atoms with Crippen LogP contribution in [-0.2, 0) is 6.42 Å². The Morgan fingerprint density at radius 3 is 2.94 bits per heavy atom. The second-order valence-electron chi connectivity index (χ2n) is 3.82. The number of hydrogen-bond acceptors (Lipinski definition) is 5. The van der Waals surface area contributed by atoms with E-state index in [2.05, 4.69) is 10.1 Å². The summed E-state index contributed by atoms with van der Waals surface area (Å²) in [4.78, 5) is 4.25. The summed E-state index contributed by atoms with van der Waals surface area (Å²) in [7, 11) is 0. The Labute approximate surface area is 93.6 Å². The number of hydrogen-bond donors (Lipinski definition) is 1. The van der Waals surface area contributed by atoms with Crippen molar-refractivity contribution in [3.63, 3.8) is 0 Å². The van der Waals surface area contributed by atoms with Gasteiger partial charge in [-0.3, -0.25) is 0 Å². The Balaban J connectivity index is 2.17. The van der Waals surface area contributed by atoms with Gasteiger partial charge in [-0.25, -0.2) is 0 Å². The van der Waals surface area contributed by atoms with Crippen LogP contribution >= 0.6 is 0 Å². The highest BCUT2D eigenvalue weighted by Crippen LogP contribution is 2.21. The minimum absolute atomic E-state index is 0.0611. The van der Waals surface area contributed by atoms with Crippen LogP contribution in [0.25, 0.3) is 11.6 Å². The molecule has 2 N–H and O–H groups in total. The molecule has 0 radical (unpaired) electrons. The number of nitrogens with zero attached hydrogens (tertiary/aromatic N) is 2. The molecule has 0 spiro atoms. The van der Waals surface area contributed by atoms with Crippen LogP contribution in [0, 0.1) is 6.92 Å². The van der Waals surface area contributed by atoms with Gasteiger partial charge in [-0.05, 0) is 25.0 Å². The first-order valence-electron chi connectivity index (χ1n) is 5.33. The third-order valence-corrected chi connectivity index (χ3v) is 2.49. The Hall–Kier alpha value is -1.62. The Kier molecular flexibility index (Phi) is 3.05. The molecule has 0 aromatic carbocycles. The smallest absolute Gasteiger partial charge is 0.238 e. The van der Waals surface area contributed by atoms with E-state index in [1.807, 2.05) is 19.9 Å². The molecule has 0 bridgehead atoms. The van der Waals surface area contributed by atoms with Crippen molar-refractivity contribution in [2.45, 2.75) is 32.7 Å². The molecule has 0 saturated heterocycles. The number of nitrogens with two attached hydrogens (primary N) is 1. The maximum Gasteiger partial charge on any atom is 0.238 e. The van der Waals surface area contributed by atoms with E-state index in [0.717, 1.165) is 12.0 Å². The molecule has 0 aliphatic heterocycles. The number of aromatic nitrogens is 2. The molecule has 2 aromatic heterocycles. The van der Waals surface area contributed by atoms with Gasteiger partial charge in [0.15, 0.2) is 5.76 Å². The van der Waals surface area contributed by atoms with Gasteiger partial charge in [0, 0.05) is 12.5 Å². The fraction of sp³-hybridized carbons (Fsp3) is 0.455. The molecule has 0 aliphatic rings. The minimum atomic E-state index is 0.0611. The second kappa shape index (κ2) is 4.49. The van der Waals surface area contributed by atoms with Gasteiger partial charge in [-0.1, -0.05) is 12.1 Å². The van der Waals surface area contributed by atoms with Gasteiger partial charge >= 0.3 is 0 Å². The average molecular weight is 221 g/mol. The maximum atomic E-state index is 5.81. The van der Waals surface area contributed by atoms with Gasteiger partial charge in [0.25, 0.3) is 0 Å². The predicted octanol–water partition coefficient (Wildman–Crippen LogP) is 1.92. The monoisotopic (exact) mass is 221 g/mol. The molecule has 2 rings (SSSR count). The molecular weight excluding hydrogens is 206 g/mol. The normalized spacial score (nSPS) is 12.9. The molecule has 2 heterocycles. The lowest BCUT2D eigenvalue weighted by Gasteiger charge is -2.02. The number of aryl methyl sites for hydroxylation is 1. The van der Waals surface area contributed by atoms with E-state index < -0.39 is 0 Å². The molecule has 5 nitrogen and oxygen atoms in total. The molecule has 1 unspecified atom stereocenters. The van der Waals surface area contributed by atoms with Crippen molar-refractivity contribution >= 4 is 0 Å². The van der Waals surface area contributed by atoms with E-state index >= 15 is 0 Å². The number of furan rings is 1. The first-order valence-corrected chi connectivity index (χ1v) is 5.33. The van der Waals surface area contributed by atoms with Crippen molar-refractivity contribution in [2.24, 2.45) is 5.73 Å². The second-order valence-corrected chi connectivity index (χ2v) is 3.82. The molecule has 0 saturated carbocycles. The van der Waals surface area contributed by atoms with Crippen LogP contribution in [-0.4, -0.2) is 16.2 Å². The molecule has 86 valence electrons. The van der Waals surface area contributed by atoms with E-state index in [1.165, 1.54) is 0 Å². The van der Waals surface area contributed by atoms with Crippen LogP contribution in [0.2, 0.25) is 0 Å². The lowest BCUT2D eigenvalue weighted by Crippen LogP contribution is -2.21. The Morgan fingerprint density at radius 1 is 1.50 bits per heavy atom. The summed E-state index contributed by atoms with van der Waals surface area (Å²) in [5.41, 5.74) is 6.80. The van der Waals surface area contributed by atoms with Crippen molar-refractivity contribution in [3.8, 4) is 11.6 Å². The maximum absolute atomic E-state index is 5.81. The topological polar surface area (TPSA) is 78.1 Å². The van der Waals surface area contributed by atoms with Gasteiger partial charge in [0.2, 0.25) is 11.7 Å². The Morgan fingerprint density at radius 2 is 2.31 bits per heavy atom. The van der Waals surface area contributed by atoms with Crippen LogP contribution in [0.4, 0.5) is 0 Å². The predicted molar refractivity (Wildman–Crippen MR) is 58.7 cm³/mol. The average Bonchev–Trinajstić information content (AvgIpc) is 2.86. The van der Waals surface area contributed by atoms with Crippen LogP contribution in [0.15, 0.2) is 21.3 Å². The first kappa shape index (κ1) is 10.9. The first-order chi connectivity index (χ1) is 7.70. The van der Waals surface area contributed by atoms with Gasteiger partial charge < -0.3 is 14.7 Å². The molecule has 0 amide bonds. The molecular formula is C11H15N3O2. The van der Waals surface area contributed by atoms with Gasteiger partial charge in [0.05, 0.1) is 6.26 Å². The lowest BCUT2D eigenvalue weighted by molar-refractivity contribution is 0.367. The standard InChI is InChI=1S/C11H15N3O2/c1-3-8(12)6-9-13-11(14-16-9)10-7(2)4-5-15-10/h4-5,8H,3,6,12H2,1-2H3. The highest BCUT2D eigenvalue weighted by atomic mass is 16.5. The molecule has 0 fully saturated rings. The van der Waals surface area contributed by atoms with Gasteiger partial charge in [-0.2, -0.15) is 4.98 Å². The van der Waals surface area contributed by atoms with E-state index in [-0.39, 0.29) is 6.04 Å². The van der Waals surface area contributed by atoms with Crippen molar-refractivity contribution in [1.29, 1.82) is 0 Å². The van der Waals surface area contributed by atoms with Gasteiger partial charge in [-0.15, -0.1) is 0 Å².